The van der Waals surface area contributed by atoms with Gasteiger partial charge in [0.1, 0.15) is 6.29 Å². The highest BCUT2D eigenvalue weighted by Crippen LogP contribution is 2.22. The number of hydrogen-bond acceptors (Lipinski definition) is 4. The maximum Gasteiger partial charge on any atom is 0.273 e. The average molecular weight is 284 g/mol. The van der Waals surface area contributed by atoms with E-state index in [1.807, 2.05) is 0 Å². The maximum absolute atomic E-state index is 12.2. The Bertz CT molecular complexity index is 708. The summed E-state index contributed by atoms with van der Waals surface area (Å²) in [5.41, 5.74) is 1.46. The lowest BCUT2D eigenvalue weighted by molar-refractivity contribution is -0.385. The molecule has 0 bridgehead atoms. The number of nitrogens with zero attached hydrogens (tertiary/aromatic N) is 1. The maximum atomic E-state index is 12.2. The lowest BCUT2D eigenvalue weighted by atomic mass is 10.1. The predicted molar refractivity (Wildman–Crippen MR) is 77.6 cm³/mol. The Morgan fingerprint density at radius 2 is 1.86 bits per heavy atom. The molecule has 0 aliphatic heterocycles. The number of carbonyl (C=O) groups is 2. The van der Waals surface area contributed by atoms with Gasteiger partial charge in [-0.15, -0.1) is 0 Å². The first-order valence-electron chi connectivity index (χ1n) is 6.13. The van der Waals surface area contributed by atoms with Crippen LogP contribution in [-0.4, -0.2) is 17.1 Å². The minimum Gasteiger partial charge on any atom is -0.322 e. The Balaban J connectivity index is 2.25. The fraction of sp³-hybridized carbons (Fsp3) is 0.0667. The van der Waals surface area contributed by atoms with E-state index in [0.29, 0.717) is 23.1 Å². The van der Waals surface area contributed by atoms with Crippen molar-refractivity contribution in [2.45, 2.75) is 6.92 Å². The van der Waals surface area contributed by atoms with Gasteiger partial charge >= 0.3 is 0 Å². The number of rotatable bonds is 4. The van der Waals surface area contributed by atoms with Crippen LogP contribution in [0.5, 0.6) is 0 Å². The third kappa shape index (κ3) is 3.11. The van der Waals surface area contributed by atoms with Gasteiger partial charge in [-0.3, -0.25) is 19.7 Å². The van der Waals surface area contributed by atoms with Crippen LogP contribution in [-0.2, 0) is 0 Å². The molecule has 0 heterocycles. The van der Waals surface area contributed by atoms with Gasteiger partial charge in [-0.25, -0.2) is 0 Å². The van der Waals surface area contributed by atoms with Crippen LogP contribution in [0.15, 0.2) is 42.5 Å². The molecule has 0 aliphatic carbocycles. The molecule has 106 valence electrons. The van der Waals surface area contributed by atoms with E-state index in [4.69, 9.17) is 0 Å². The standard InChI is InChI=1S/C15H12N2O4/c1-10-13(3-2-4-14(10)17(20)21)15(19)16-12-7-5-11(9-18)6-8-12/h2-9H,1H3,(H,16,19). The predicted octanol–water partition coefficient (Wildman–Crippen LogP) is 2.97. The molecule has 0 saturated heterocycles. The number of hydrogen-bond donors (Lipinski definition) is 1. The van der Waals surface area contributed by atoms with Gasteiger partial charge in [0.2, 0.25) is 0 Å². The van der Waals surface area contributed by atoms with Gasteiger partial charge < -0.3 is 5.32 Å². The number of aldehydes is 1. The zero-order chi connectivity index (χ0) is 15.4. The summed E-state index contributed by atoms with van der Waals surface area (Å²) in [7, 11) is 0. The normalized spacial score (nSPS) is 9.95. The average Bonchev–Trinajstić information content (AvgIpc) is 2.47. The van der Waals surface area contributed by atoms with Crippen LogP contribution in [0, 0.1) is 17.0 Å². The molecule has 0 saturated carbocycles. The van der Waals surface area contributed by atoms with E-state index in [1.165, 1.54) is 25.1 Å². The second-order valence-corrected chi connectivity index (χ2v) is 4.40. The first-order valence-corrected chi connectivity index (χ1v) is 6.13. The number of carbonyl (C=O) groups excluding carboxylic acids is 2. The van der Waals surface area contributed by atoms with Crippen molar-refractivity contribution in [3.8, 4) is 0 Å². The lowest BCUT2D eigenvalue weighted by Gasteiger charge is -2.08. The second-order valence-electron chi connectivity index (χ2n) is 4.40. The molecule has 6 heteroatoms. The molecular formula is C15H12N2O4. The fourth-order valence-corrected chi connectivity index (χ4v) is 1.91. The number of nitrogens with one attached hydrogen (secondary N) is 1. The van der Waals surface area contributed by atoms with Crippen LogP contribution < -0.4 is 5.32 Å². The Morgan fingerprint density at radius 1 is 1.19 bits per heavy atom. The van der Waals surface area contributed by atoms with Gasteiger partial charge in [0.25, 0.3) is 11.6 Å². The molecule has 0 unspecified atom stereocenters. The van der Waals surface area contributed by atoms with Crippen molar-refractivity contribution >= 4 is 23.6 Å². The van der Waals surface area contributed by atoms with Crippen molar-refractivity contribution < 1.29 is 14.5 Å². The number of anilines is 1. The van der Waals surface area contributed by atoms with E-state index < -0.39 is 10.8 Å². The van der Waals surface area contributed by atoms with Crippen molar-refractivity contribution in [2.24, 2.45) is 0 Å². The van der Waals surface area contributed by atoms with E-state index in [0.717, 1.165) is 0 Å². The molecule has 1 N–H and O–H groups in total. The summed E-state index contributed by atoms with van der Waals surface area (Å²) in [6, 6.07) is 10.7. The largest absolute Gasteiger partial charge is 0.322 e. The summed E-state index contributed by atoms with van der Waals surface area (Å²) >= 11 is 0. The summed E-state index contributed by atoms with van der Waals surface area (Å²) in [4.78, 5) is 33.1. The Morgan fingerprint density at radius 3 is 2.43 bits per heavy atom. The SMILES string of the molecule is Cc1c(C(=O)Nc2ccc(C=O)cc2)cccc1[N+](=O)[O-]. The van der Waals surface area contributed by atoms with Crippen LogP contribution in [0.25, 0.3) is 0 Å². The van der Waals surface area contributed by atoms with Crippen molar-refractivity contribution in [3.63, 3.8) is 0 Å². The Kier molecular flexibility index (Phi) is 4.08. The monoisotopic (exact) mass is 284 g/mol. The Labute approximate surface area is 120 Å². The van der Waals surface area contributed by atoms with Crippen LogP contribution >= 0.6 is 0 Å². The zero-order valence-corrected chi connectivity index (χ0v) is 11.2. The minimum atomic E-state index is -0.523. The molecule has 6 nitrogen and oxygen atoms in total. The molecule has 21 heavy (non-hydrogen) atoms. The molecule has 0 aromatic heterocycles. The first-order chi connectivity index (χ1) is 10.0. The summed E-state index contributed by atoms with van der Waals surface area (Å²) in [6.45, 7) is 1.53. The summed E-state index contributed by atoms with van der Waals surface area (Å²) < 4.78 is 0. The molecule has 2 aromatic rings. The van der Waals surface area contributed by atoms with E-state index in [9.17, 15) is 19.7 Å². The molecule has 1 amide bonds. The molecule has 0 aliphatic rings. The first kappa shape index (κ1) is 14.4. The van der Waals surface area contributed by atoms with Crippen molar-refractivity contribution in [1.29, 1.82) is 0 Å². The van der Waals surface area contributed by atoms with Gasteiger partial charge in [0, 0.05) is 28.4 Å². The van der Waals surface area contributed by atoms with Gasteiger partial charge in [-0.1, -0.05) is 6.07 Å². The van der Waals surface area contributed by atoms with E-state index in [2.05, 4.69) is 5.32 Å². The van der Waals surface area contributed by atoms with Crippen molar-refractivity contribution in [1.82, 2.24) is 0 Å². The van der Waals surface area contributed by atoms with Crippen molar-refractivity contribution in [2.75, 3.05) is 5.32 Å². The van der Waals surface area contributed by atoms with Crippen LogP contribution in [0.2, 0.25) is 0 Å². The van der Waals surface area contributed by atoms with Gasteiger partial charge in [-0.05, 0) is 37.3 Å². The fourth-order valence-electron chi connectivity index (χ4n) is 1.91. The minimum absolute atomic E-state index is 0.0982. The molecule has 0 fully saturated rings. The molecule has 0 spiro atoms. The van der Waals surface area contributed by atoms with E-state index in [1.54, 1.807) is 24.3 Å². The molecular weight excluding hydrogens is 272 g/mol. The smallest absolute Gasteiger partial charge is 0.273 e. The topological polar surface area (TPSA) is 89.3 Å². The van der Waals surface area contributed by atoms with E-state index >= 15 is 0 Å². The molecule has 2 aromatic carbocycles. The highest BCUT2D eigenvalue weighted by atomic mass is 16.6. The lowest BCUT2D eigenvalue weighted by Crippen LogP contribution is -2.14. The molecule has 0 atom stereocenters. The molecule has 2 rings (SSSR count). The zero-order valence-electron chi connectivity index (χ0n) is 11.2. The van der Waals surface area contributed by atoms with Crippen molar-refractivity contribution in [3.05, 3.63) is 69.3 Å². The van der Waals surface area contributed by atoms with Crippen LogP contribution in [0.4, 0.5) is 11.4 Å². The third-order valence-electron chi connectivity index (χ3n) is 3.05. The Hall–Kier alpha value is -3.02. The van der Waals surface area contributed by atoms with Gasteiger partial charge in [-0.2, -0.15) is 0 Å². The number of nitro groups is 1. The second kappa shape index (κ2) is 5.96. The van der Waals surface area contributed by atoms with Crippen LogP contribution in [0.3, 0.4) is 0 Å². The third-order valence-corrected chi connectivity index (χ3v) is 3.05. The van der Waals surface area contributed by atoms with Gasteiger partial charge in [0.05, 0.1) is 4.92 Å². The number of amides is 1. The van der Waals surface area contributed by atoms with Crippen LogP contribution in [0.1, 0.15) is 26.3 Å². The van der Waals surface area contributed by atoms with Gasteiger partial charge in [0.15, 0.2) is 0 Å². The summed E-state index contributed by atoms with van der Waals surface area (Å²) in [6.07, 6.45) is 0.705. The number of nitro benzene ring substituents is 1. The highest BCUT2D eigenvalue weighted by Gasteiger charge is 2.17. The van der Waals surface area contributed by atoms with E-state index in [-0.39, 0.29) is 11.3 Å². The molecule has 0 radical (unpaired) electrons. The summed E-state index contributed by atoms with van der Waals surface area (Å²) in [5.74, 6) is -0.435. The summed E-state index contributed by atoms with van der Waals surface area (Å²) in [5, 5.41) is 13.5. The quantitative estimate of drug-likeness (QED) is 0.531. The number of benzene rings is 2. The highest BCUT2D eigenvalue weighted by molar-refractivity contribution is 6.05.